The van der Waals surface area contributed by atoms with Crippen molar-refractivity contribution in [3.8, 4) is 5.75 Å². The monoisotopic (exact) mass is 285 g/mol. The van der Waals surface area contributed by atoms with E-state index in [2.05, 4.69) is 18.2 Å². The summed E-state index contributed by atoms with van der Waals surface area (Å²) < 4.78 is 20.1. The fourth-order valence-electron chi connectivity index (χ4n) is 3.05. The van der Waals surface area contributed by atoms with E-state index < -0.39 is 0 Å². The number of hydrogen-bond acceptors (Lipinski definition) is 2. The summed E-state index contributed by atoms with van der Waals surface area (Å²) in [5, 5.41) is 0. The second kappa shape index (κ2) is 5.86. The van der Waals surface area contributed by atoms with Crippen LogP contribution in [0, 0.1) is 5.82 Å². The number of nitrogens with two attached hydrogens (primary N) is 1. The average Bonchev–Trinajstić information content (AvgIpc) is 2.47. The van der Waals surface area contributed by atoms with E-state index in [9.17, 15) is 4.39 Å². The van der Waals surface area contributed by atoms with Gasteiger partial charge in [0.1, 0.15) is 17.7 Å². The van der Waals surface area contributed by atoms with Crippen molar-refractivity contribution in [1.29, 1.82) is 0 Å². The van der Waals surface area contributed by atoms with Crippen LogP contribution in [0.5, 0.6) is 5.75 Å². The number of ether oxygens (including phenoxy) is 1. The molecule has 2 N–H and O–H groups in total. The summed E-state index contributed by atoms with van der Waals surface area (Å²) in [4.78, 5) is 0. The molecule has 21 heavy (non-hydrogen) atoms. The van der Waals surface area contributed by atoms with Crippen LogP contribution in [0.25, 0.3) is 0 Å². The highest BCUT2D eigenvalue weighted by atomic mass is 19.1. The lowest BCUT2D eigenvalue weighted by Gasteiger charge is -2.27. The van der Waals surface area contributed by atoms with Gasteiger partial charge in [-0.3, -0.25) is 0 Å². The number of halogens is 1. The van der Waals surface area contributed by atoms with Gasteiger partial charge in [-0.2, -0.15) is 0 Å². The molecule has 0 radical (unpaired) electrons. The molecule has 0 aromatic heterocycles. The molecule has 0 spiro atoms. The van der Waals surface area contributed by atoms with Crippen molar-refractivity contribution in [2.24, 2.45) is 5.73 Å². The summed E-state index contributed by atoms with van der Waals surface area (Å²) in [5.41, 5.74) is 8.89. The SMILES string of the molecule is C[C@@H](N)c1c(F)cccc1OC1CCCc2ccccc21. The van der Waals surface area contributed by atoms with E-state index in [0.717, 1.165) is 19.3 Å². The van der Waals surface area contributed by atoms with E-state index in [1.165, 1.54) is 17.2 Å². The van der Waals surface area contributed by atoms with E-state index in [0.29, 0.717) is 11.3 Å². The molecule has 0 amide bonds. The van der Waals surface area contributed by atoms with Gasteiger partial charge in [-0.15, -0.1) is 0 Å². The Bertz CT molecular complexity index is 639. The van der Waals surface area contributed by atoms with E-state index in [-0.39, 0.29) is 18.0 Å². The molecule has 2 nitrogen and oxygen atoms in total. The van der Waals surface area contributed by atoms with Crippen molar-refractivity contribution >= 4 is 0 Å². The Kier molecular flexibility index (Phi) is 3.93. The molecule has 0 fully saturated rings. The smallest absolute Gasteiger partial charge is 0.131 e. The summed E-state index contributed by atoms with van der Waals surface area (Å²) in [6.07, 6.45) is 3.10. The third kappa shape index (κ3) is 2.79. The molecule has 3 rings (SSSR count). The van der Waals surface area contributed by atoms with Crippen LogP contribution in [0.2, 0.25) is 0 Å². The third-order valence-corrected chi connectivity index (χ3v) is 4.05. The molecule has 2 atom stereocenters. The summed E-state index contributed by atoms with van der Waals surface area (Å²) in [5.74, 6) is 0.262. The highest BCUT2D eigenvalue weighted by Gasteiger charge is 2.23. The van der Waals surface area contributed by atoms with Crippen molar-refractivity contribution in [2.45, 2.75) is 38.3 Å². The Hall–Kier alpha value is -1.87. The topological polar surface area (TPSA) is 35.2 Å². The van der Waals surface area contributed by atoms with Gasteiger partial charge in [0.25, 0.3) is 0 Å². The summed E-state index contributed by atoms with van der Waals surface area (Å²) in [6.45, 7) is 1.78. The minimum Gasteiger partial charge on any atom is -0.485 e. The molecule has 1 aliphatic carbocycles. The summed E-state index contributed by atoms with van der Waals surface area (Å²) in [6, 6.07) is 12.8. The van der Waals surface area contributed by atoms with Crippen LogP contribution >= 0.6 is 0 Å². The van der Waals surface area contributed by atoms with E-state index >= 15 is 0 Å². The van der Waals surface area contributed by atoms with Gasteiger partial charge in [0.2, 0.25) is 0 Å². The molecular weight excluding hydrogens is 265 g/mol. The van der Waals surface area contributed by atoms with Crippen LogP contribution in [0.1, 0.15) is 48.6 Å². The van der Waals surface area contributed by atoms with Gasteiger partial charge in [0, 0.05) is 11.6 Å². The van der Waals surface area contributed by atoms with Gasteiger partial charge in [-0.05, 0) is 49.4 Å². The Balaban J connectivity index is 1.94. The van der Waals surface area contributed by atoms with Crippen molar-refractivity contribution in [3.05, 3.63) is 65.0 Å². The van der Waals surface area contributed by atoms with E-state index in [4.69, 9.17) is 10.5 Å². The second-order valence-corrected chi connectivity index (χ2v) is 5.64. The fraction of sp³-hybridized carbons (Fsp3) is 0.333. The predicted octanol–water partition coefficient (Wildman–Crippen LogP) is 4.30. The highest BCUT2D eigenvalue weighted by molar-refractivity contribution is 5.39. The maximum atomic E-state index is 14.0. The van der Waals surface area contributed by atoms with E-state index in [1.54, 1.807) is 19.1 Å². The molecule has 2 aromatic carbocycles. The van der Waals surface area contributed by atoms with Crippen LogP contribution in [0.4, 0.5) is 4.39 Å². The van der Waals surface area contributed by atoms with Gasteiger partial charge in [-0.1, -0.05) is 30.3 Å². The predicted molar refractivity (Wildman–Crippen MR) is 81.8 cm³/mol. The molecule has 2 aromatic rings. The maximum Gasteiger partial charge on any atom is 0.131 e. The second-order valence-electron chi connectivity index (χ2n) is 5.64. The first kappa shape index (κ1) is 14.1. The molecule has 110 valence electrons. The van der Waals surface area contributed by atoms with Crippen LogP contribution < -0.4 is 10.5 Å². The van der Waals surface area contributed by atoms with Crippen molar-refractivity contribution in [2.75, 3.05) is 0 Å². The molecular formula is C18H20FNO. The van der Waals surface area contributed by atoms with Crippen LogP contribution in [0.3, 0.4) is 0 Å². The largest absolute Gasteiger partial charge is 0.485 e. The first-order valence-corrected chi connectivity index (χ1v) is 7.45. The Morgan fingerprint density at radius 2 is 2.00 bits per heavy atom. The molecule has 0 saturated heterocycles. The zero-order valence-electron chi connectivity index (χ0n) is 12.2. The van der Waals surface area contributed by atoms with Gasteiger partial charge in [0.05, 0.1) is 0 Å². The van der Waals surface area contributed by atoms with E-state index in [1.807, 2.05) is 6.07 Å². The van der Waals surface area contributed by atoms with Crippen LogP contribution in [0.15, 0.2) is 42.5 Å². The number of aryl methyl sites for hydroxylation is 1. The Morgan fingerprint density at radius 3 is 2.81 bits per heavy atom. The molecule has 0 saturated carbocycles. The Morgan fingerprint density at radius 1 is 1.19 bits per heavy atom. The number of benzene rings is 2. The molecule has 0 bridgehead atoms. The van der Waals surface area contributed by atoms with Crippen LogP contribution in [-0.2, 0) is 6.42 Å². The number of rotatable bonds is 3. The highest BCUT2D eigenvalue weighted by Crippen LogP contribution is 2.36. The molecule has 3 heteroatoms. The lowest BCUT2D eigenvalue weighted by molar-refractivity contribution is 0.180. The quantitative estimate of drug-likeness (QED) is 0.912. The van der Waals surface area contributed by atoms with Crippen molar-refractivity contribution < 1.29 is 9.13 Å². The molecule has 0 aliphatic heterocycles. The van der Waals surface area contributed by atoms with Gasteiger partial charge >= 0.3 is 0 Å². The standard InChI is InChI=1S/C18H20FNO/c1-12(20)18-15(19)9-5-11-17(18)21-16-10-4-7-13-6-2-3-8-14(13)16/h2-3,5-6,8-9,11-12,16H,4,7,10,20H2,1H3/t12-,16?/m1/s1. The zero-order chi connectivity index (χ0) is 14.8. The normalized spacial score (nSPS) is 18.9. The van der Waals surface area contributed by atoms with Crippen molar-refractivity contribution in [3.63, 3.8) is 0 Å². The Labute approximate surface area is 124 Å². The third-order valence-electron chi connectivity index (χ3n) is 4.05. The first-order valence-electron chi connectivity index (χ1n) is 7.45. The summed E-state index contributed by atoms with van der Waals surface area (Å²) in [7, 11) is 0. The molecule has 1 unspecified atom stereocenters. The van der Waals surface area contributed by atoms with Gasteiger partial charge < -0.3 is 10.5 Å². The average molecular weight is 285 g/mol. The lowest BCUT2D eigenvalue weighted by Crippen LogP contribution is -2.17. The van der Waals surface area contributed by atoms with Gasteiger partial charge in [0.15, 0.2) is 0 Å². The lowest BCUT2D eigenvalue weighted by atomic mass is 9.89. The first-order chi connectivity index (χ1) is 10.2. The number of hydrogen-bond donors (Lipinski definition) is 1. The number of fused-ring (bicyclic) bond motifs is 1. The summed E-state index contributed by atoms with van der Waals surface area (Å²) >= 11 is 0. The molecule has 1 aliphatic rings. The fourth-order valence-corrected chi connectivity index (χ4v) is 3.05. The minimum absolute atomic E-state index is 0.0192. The van der Waals surface area contributed by atoms with Crippen molar-refractivity contribution in [1.82, 2.24) is 0 Å². The van der Waals surface area contributed by atoms with Gasteiger partial charge in [-0.25, -0.2) is 4.39 Å². The molecule has 0 heterocycles. The zero-order valence-corrected chi connectivity index (χ0v) is 12.2. The van der Waals surface area contributed by atoms with Crippen LogP contribution in [-0.4, -0.2) is 0 Å². The minimum atomic E-state index is -0.389. The maximum absolute atomic E-state index is 14.0.